The van der Waals surface area contributed by atoms with E-state index in [4.69, 9.17) is 27.9 Å². The van der Waals surface area contributed by atoms with Gasteiger partial charge in [0.15, 0.2) is 5.82 Å². The molecule has 2 aromatic heterocycles. The highest BCUT2D eigenvalue weighted by Crippen LogP contribution is 2.25. The maximum atomic E-state index is 12.4. The van der Waals surface area contributed by atoms with E-state index in [0.29, 0.717) is 33.7 Å². The highest BCUT2D eigenvalue weighted by molar-refractivity contribution is 6.37. The quantitative estimate of drug-likeness (QED) is 0.423. The van der Waals surface area contributed by atoms with Crippen molar-refractivity contribution in [2.24, 2.45) is 0 Å². The van der Waals surface area contributed by atoms with Crippen molar-refractivity contribution >= 4 is 34.8 Å². The second kappa shape index (κ2) is 8.75. The average molecular weight is 454 g/mol. The molecular weight excluding hydrogens is 437 g/mol. The standard InChI is InChI=1S/C22H17Cl2N5O2/c1-13-9-14(2)29(28-13)20-11-21(26-12-25-20)31-17-6-4-16(5-7-17)27-22(30)18-8-3-15(23)10-19(18)24/h3-12H,1-2H3,(H,27,30). The van der Waals surface area contributed by atoms with Crippen LogP contribution in [-0.2, 0) is 0 Å². The van der Waals surface area contributed by atoms with E-state index in [1.165, 1.54) is 12.4 Å². The first-order chi connectivity index (χ1) is 14.9. The summed E-state index contributed by atoms with van der Waals surface area (Å²) in [5.74, 6) is 1.21. The SMILES string of the molecule is Cc1cc(C)n(-c2cc(Oc3ccc(NC(=O)c4ccc(Cl)cc4Cl)cc3)ncn2)n1. The molecule has 0 bridgehead atoms. The first-order valence-electron chi connectivity index (χ1n) is 9.29. The first kappa shape index (κ1) is 20.8. The van der Waals surface area contributed by atoms with E-state index in [1.807, 2.05) is 19.9 Å². The Bertz CT molecular complexity index is 1260. The highest BCUT2D eigenvalue weighted by Gasteiger charge is 2.12. The van der Waals surface area contributed by atoms with Gasteiger partial charge in [-0.1, -0.05) is 23.2 Å². The third-order valence-electron chi connectivity index (χ3n) is 4.36. The number of amides is 1. The number of halogens is 2. The zero-order chi connectivity index (χ0) is 22.0. The molecule has 1 N–H and O–H groups in total. The van der Waals surface area contributed by atoms with Crippen LogP contribution in [0, 0.1) is 13.8 Å². The van der Waals surface area contributed by atoms with E-state index in [2.05, 4.69) is 20.4 Å². The number of aryl methyl sites for hydroxylation is 2. The third-order valence-corrected chi connectivity index (χ3v) is 4.91. The van der Waals surface area contributed by atoms with Gasteiger partial charge < -0.3 is 10.1 Å². The summed E-state index contributed by atoms with van der Waals surface area (Å²) >= 11 is 12.0. The molecule has 0 atom stereocenters. The number of rotatable bonds is 5. The summed E-state index contributed by atoms with van der Waals surface area (Å²) in [6.45, 7) is 3.87. The molecule has 31 heavy (non-hydrogen) atoms. The number of hydrogen-bond acceptors (Lipinski definition) is 5. The lowest BCUT2D eigenvalue weighted by atomic mass is 10.2. The predicted octanol–water partition coefficient (Wildman–Crippen LogP) is 5.63. The molecule has 7 nitrogen and oxygen atoms in total. The smallest absolute Gasteiger partial charge is 0.257 e. The lowest BCUT2D eigenvalue weighted by Gasteiger charge is -2.09. The predicted molar refractivity (Wildman–Crippen MR) is 120 cm³/mol. The van der Waals surface area contributed by atoms with Gasteiger partial charge in [-0.2, -0.15) is 5.10 Å². The van der Waals surface area contributed by atoms with Crippen molar-refractivity contribution in [3.8, 4) is 17.4 Å². The van der Waals surface area contributed by atoms with Crippen LogP contribution in [0.2, 0.25) is 10.0 Å². The van der Waals surface area contributed by atoms with Gasteiger partial charge in [-0.25, -0.2) is 14.6 Å². The van der Waals surface area contributed by atoms with Gasteiger partial charge in [-0.05, 0) is 62.4 Å². The largest absolute Gasteiger partial charge is 0.439 e. The molecule has 0 aliphatic carbocycles. The van der Waals surface area contributed by atoms with Crippen molar-refractivity contribution < 1.29 is 9.53 Å². The molecule has 0 fully saturated rings. The fourth-order valence-electron chi connectivity index (χ4n) is 2.96. The van der Waals surface area contributed by atoms with Crippen molar-refractivity contribution in [1.82, 2.24) is 19.7 Å². The van der Waals surface area contributed by atoms with Gasteiger partial charge in [0.25, 0.3) is 5.91 Å². The van der Waals surface area contributed by atoms with Crippen LogP contribution in [0.4, 0.5) is 5.69 Å². The van der Waals surface area contributed by atoms with Gasteiger partial charge in [-0.15, -0.1) is 0 Å². The molecule has 0 saturated heterocycles. The zero-order valence-electron chi connectivity index (χ0n) is 16.6. The van der Waals surface area contributed by atoms with Crippen LogP contribution < -0.4 is 10.1 Å². The molecule has 0 spiro atoms. The maximum Gasteiger partial charge on any atom is 0.257 e. The van der Waals surface area contributed by atoms with Gasteiger partial charge in [0.05, 0.1) is 16.3 Å². The number of ether oxygens (including phenoxy) is 1. The van der Waals surface area contributed by atoms with E-state index in [0.717, 1.165) is 11.4 Å². The summed E-state index contributed by atoms with van der Waals surface area (Å²) in [7, 11) is 0. The van der Waals surface area contributed by atoms with Crippen LogP contribution >= 0.6 is 23.2 Å². The van der Waals surface area contributed by atoms with Gasteiger partial charge >= 0.3 is 0 Å². The lowest BCUT2D eigenvalue weighted by molar-refractivity contribution is 0.102. The van der Waals surface area contributed by atoms with Crippen LogP contribution in [-0.4, -0.2) is 25.7 Å². The Morgan fingerprint density at radius 2 is 1.77 bits per heavy atom. The molecule has 4 rings (SSSR count). The molecule has 4 aromatic rings. The Morgan fingerprint density at radius 1 is 1.00 bits per heavy atom. The minimum absolute atomic E-state index is 0.284. The molecular formula is C22H17Cl2N5O2. The summed E-state index contributed by atoms with van der Waals surface area (Å²) in [5, 5.41) is 7.96. The van der Waals surface area contributed by atoms with Crippen LogP contribution in [0.15, 0.2) is 60.9 Å². The summed E-state index contributed by atoms with van der Waals surface area (Å²) in [5.41, 5.74) is 2.79. The van der Waals surface area contributed by atoms with Crippen molar-refractivity contribution in [2.45, 2.75) is 13.8 Å². The van der Waals surface area contributed by atoms with E-state index in [1.54, 1.807) is 47.1 Å². The van der Waals surface area contributed by atoms with Crippen LogP contribution in [0.5, 0.6) is 11.6 Å². The van der Waals surface area contributed by atoms with Gasteiger partial charge in [0.1, 0.15) is 12.1 Å². The molecule has 2 aromatic carbocycles. The molecule has 0 unspecified atom stereocenters. The zero-order valence-corrected chi connectivity index (χ0v) is 18.1. The van der Waals surface area contributed by atoms with Crippen LogP contribution in [0.1, 0.15) is 21.7 Å². The average Bonchev–Trinajstić information content (AvgIpc) is 3.07. The van der Waals surface area contributed by atoms with Gasteiger partial charge in [0.2, 0.25) is 5.88 Å². The summed E-state index contributed by atoms with van der Waals surface area (Å²) < 4.78 is 7.55. The molecule has 1 amide bonds. The molecule has 0 saturated carbocycles. The van der Waals surface area contributed by atoms with Crippen molar-refractivity contribution in [3.05, 3.63) is 87.9 Å². The second-order valence-corrected chi connectivity index (χ2v) is 7.60. The van der Waals surface area contributed by atoms with E-state index < -0.39 is 0 Å². The Balaban J connectivity index is 1.46. The number of benzene rings is 2. The first-order valence-corrected chi connectivity index (χ1v) is 10.0. The summed E-state index contributed by atoms with van der Waals surface area (Å²) in [4.78, 5) is 20.8. The number of nitrogens with one attached hydrogen (secondary N) is 1. The number of hydrogen-bond donors (Lipinski definition) is 1. The van der Waals surface area contributed by atoms with E-state index >= 15 is 0 Å². The minimum atomic E-state index is -0.333. The molecule has 2 heterocycles. The van der Waals surface area contributed by atoms with Crippen molar-refractivity contribution in [3.63, 3.8) is 0 Å². The molecule has 9 heteroatoms. The minimum Gasteiger partial charge on any atom is -0.439 e. The number of carbonyl (C=O) groups excluding carboxylic acids is 1. The second-order valence-electron chi connectivity index (χ2n) is 6.76. The van der Waals surface area contributed by atoms with Crippen molar-refractivity contribution in [2.75, 3.05) is 5.32 Å². The number of carbonyl (C=O) groups is 1. The fourth-order valence-corrected chi connectivity index (χ4v) is 3.46. The van der Waals surface area contributed by atoms with Crippen LogP contribution in [0.3, 0.4) is 0 Å². The highest BCUT2D eigenvalue weighted by atomic mass is 35.5. The third kappa shape index (κ3) is 4.84. The Morgan fingerprint density at radius 3 is 2.45 bits per heavy atom. The van der Waals surface area contributed by atoms with Crippen LogP contribution in [0.25, 0.3) is 5.82 Å². The topological polar surface area (TPSA) is 81.9 Å². The van der Waals surface area contributed by atoms with Gasteiger partial charge in [-0.3, -0.25) is 4.79 Å². The molecule has 156 valence electrons. The molecule has 0 aliphatic rings. The summed E-state index contributed by atoms with van der Waals surface area (Å²) in [6, 6.07) is 15.3. The molecule has 0 radical (unpaired) electrons. The Kier molecular flexibility index (Phi) is 5.88. The number of anilines is 1. The van der Waals surface area contributed by atoms with Gasteiger partial charge in [0, 0.05) is 22.5 Å². The Labute approximate surface area is 188 Å². The van der Waals surface area contributed by atoms with E-state index in [-0.39, 0.29) is 10.9 Å². The number of nitrogens with zero attached hydrogens (tertiary/aromatic N) is 4. The lowest BCUT2D eigenvalue weighted by Crippen LogP contribution is -2.12. The van der Waals surface area contributed by atoms with E-state index in [9.17, 15) is 4.79 Å². The monoisotopic (exact) mass is 453 g/mol. The summed E-state index contributed by atoms with van der Waals surface area (Å²) in [6.07, 6.45) is 1.42. The fraction of sp³-hybridized carbons (Fsp3) is 0.0909. The normalized spacial score (nSPS) is 10.7. The maximum absolute atomic E-state index is 12.4. The van der Waals surface area contributed by atoms with Crippen molar-refractivity contribution in [1.29, 1.82) is 0 Å². The Hall–Kier alpha value is -3.42. The molecule has 0 aliphatic heterocycles. The number of aromatic nitrogens is 4.